The molecule has 3 rings (SSSR count). The summed E-state index contributed by atoms with van der Waals surface area (Å²) in [6, 6.07) is 0.641. The molecule has 2 fully saturated rings. The summed E-state index contributed by atoms with van der Waals surface area (Å²) in [5.41, 5.74) is -0.715. The third-order valence-corrected chi connectivity index (χ3v) is 4.52. The quantitative estimate of drug-likeness (QED) is 0.821. The number of rotatable bonds is 6. The van der Waals surface area contributed by atoms with Crippen LogP contribution in [0.2, 0.25) is 0 Å². The van der Waals surface area contributed by atoms with Crippen molar-refractivity contribution in [1.82, 2.24) is 14.9 Å². The summed E-state index contributed by atoms with van der Waals surface area (Å²) in [5, 5.41) is 3.59. The molecule has 0 radical (unpaired) electrons. The number of halogens is 1. The van der Waals surface area contributed by atoms with Gasteiger partial charge < -0.3 is 5.32 Å². The highest BCUT2D eigenvalue weighted by Gasteiger charge is 2.40. The van der Waals surface area contributed by atoms with Crippen molar-refractivity contribution in [3.63, 3.8) is 0 Å². The molecule has 2 saturated carbocycles. The van der Waals surface area contributed by atoms with E-state index in [1.165, 1.54) is 30.3 Å². The first kappa shape index (κ1) is 13.1. The first-order chi connectivity index (χ1) is 9.15. The average molecular weight is 328 g/mol. The SMILES string of the molecule is O=c1[nH]c(=O)n(CCNC(C2CC2)C2CC2)cc1Br. The molecule has 2 aliphatic carbocycles. The van der Waals surface area contributed by atoms with Crippen LogP contribution in [0.4, 0.5) is 0 Å². The van der Waals surface area contributed by atoms with Crippen molar-refractivity contribution >= 4 is 15.9 Å². The fraction of sp³-hybridized carbons (Fsp3) is 0.692. The van der Waals surface area contributed by atoms with Crippen molar-refractivity contribution in [2.75, 3.05) is 6.54 Å². The predicted molar refractivity (Wildman–Crippen MR) is 76.3 cm³/mol. The van der Waals surface area contributed by atoms with E-state index in [-0.39, 0.29) is 11.2 Å². The average Bonchev–Trinajstić information content (AvgIpc) is 3.24. The van der Waals surface area contributed by atoms with Crippen LogP contribution in [0.15, 0.2) is 20.3 Å². The Balaban J connectivity index is 1.58. The van der Waals surface area contributed by atoms with E-state index >= 15 is 0 Å². The molecule has 1 heterocycles. The Kier molecular flexibility index (Phi) is 3.62. The Morgan fingerprint density at radius 1 is 1.32 bits per heavy atom. The summed E-state index contributed by atoms with van der Waals surface area (Å²) in [4.78, 5) is 25.1. The summed E-state index contributed by atoms with van der Waals surface area (Å²) in [6.07, 6.45) is 6.94. The predicted octanol–water partition coefficient (Wildman–Crippen LogP) is 1.08. The Morgan fingerprint density at radius 2 is 1.95 bits per heavy atom. The Morgan fingerprint density at radius 3 is 2.53 bits per heavy atom. The monoisotopic (exact) mass is 327 g/mol. The van der Waals surface area contributed by atoms with Gasteiger partial charge in [0.15, 0.2) is 0 Å². The minimum absolute atomic E-state index is 0.343. The molecule has 5 nitrogen and oxygen atoms in total. The molecular weight excluding hydrogens is 310 g/mol. The molecular formula is C13H18BrN3O2. The van der Waals surface area contributed by atoms with Gasteiger partial charge in [-0.25, -0.2) is 4.79 Å². The summed E-state index contributed by atoms with van der Waals surface area (Å²) in [7, 11) is 0. The van der Waals surface area contributed by atoms with Crippen LogP contribution >= 0.6 is 15.9 Å². The maximum atomic E-state index is 11.6. The lowest BCUT2D eigenvalue weighted by Gasteiger charge is -2.17. The van der Waals surface area contributed by atoms with Crippen molar-refractivity contribution < 1.29 is 0 Å². The fourth-order valence-electron chi connectivity index (χ4n) is 2.63. The minimum atomic E-state index is -0.372. The van der Waals surface area contributed by atoms with E-state index < -0.39 is 0 Å². The molecule has 2 N–H and O–H groups in total. The van der Waals surface area contributed by atoms with Crippen LogP contribution in [0, 0.1) is 11.8 Å². The van der Waals surface area contributed by atoms with Gasteiger partial charge in [0.05, 0.1) is 4.47 Å². The van der Waals surface area contributed by atoms with Crippen LogP contribution in [0.5, 0.6) is 0 Å². The Labute approximate surface area is 119 Å². The van der Waals surface area contributed by atoms with E-state index in [4.69, 9.17) is 0 Å². The first-order valence-electron chi connectivity index (χ1n) is 6.88. The van der Waals surface area contributed by atoms with Crippen molar-refractivity contribution in [3.05, 3.63) is 31.5 Å². The van der Waals surface area contributed by atoms with Crippen LogP contribution in [-0.2, 0) is 6.54 Å². The van der Waals surface area contributed by atoms with Crippen molar-refractivity contribution in [2.45, 2.75) is 38.3 Å². The standard InChI is InChI=1S/C13H18BrN3O2/c14-10-7-17(13(19)16-12(10)18)6-5-15-11(8-1-2-8)9-3-4-9/h7-9,11,15H,1-6H2,(H,16,18,19). The second-order valence-electron chi connectivity index (χ2n) is 5.58. The lowest BCUT2D eigenvalue weighted by Crippen LogP contribution is -2.38. The maximum absolute atomic E-state index is 11.6. The number of hydrogen-bond donors (Lipinski definition) is 2. The normalized spacial score (nSPS) is 19.1. The van der Waals surface area contributed by atoms with Crippen molar-refractivity contribution in [2.24, 2.45) is 11.8 Å². The second-order valence-corrected chi connectivity index (χ2v) is 6.44. The number of aromatic amines is 1. The highest BCUT2D eigenvalue weighted by molar-refractivity contribution is 9.10. The lowest BCUT2D eigenvalue weighted by atomic mass is 10.1. The van der Waals surface area contributed by atoms with E-state index in [1.54, 1.807) is 6.20 Å². The number of H-pyrrole nitrogens is 1. The van der Waals surface area contributed by atoms with Gasteiger partial charge in [0.25, 0.3) is 5.56 Å². The van der Waals surface area contributed by atoms with Gasteiger partial charge in [-0.2, -0.15) is 0 Å². The smallest absolute Gasteiger partial charge is 0.312 e. The summed E-state index contributed by atoms with van der Waals surface area (Å²) in [5.74, 6) is 1.71. The molecule has 0 aliphatic heterocycles. The van der Waals surface area contributed by atoms with E-state index in [9.17, 15) is 9.59 Å². The molecule has 1 aromatic rings. The lowest BCUT2D eigenvalue weighted by molar-refractivity contribution is 0.404. The summed E-state index contributed by atoms with van der Waals surface area (Å²) < 4.78 is 1.93. The van der Waals surface area contributed by atoms with Gasteiger partial charge in [0, 0.05) is 25.3 Å². The number of hydrogen-bond acceptors (Lipinski definition) is 3. The number of nitrogens with zero attached hydrogens (tertiary/aromatic N) is 1. The van der Waals surface area contributed by atoms with Gasteiger partial charge in [0.1, 0.15) is 0 Å². The fourth-order valence-corrected chi connectivity index (χ4v) is 2.98. The van der Waals surface area contributed by atoms with Crippen molar-refractivity contribution in [3.8, 4) is 0 Å². The number of nitrogens with one attached hydrogen (secondary N) is 2. The first-order valence-corrected chi connectivity index (χ1v) is 7.67. The molecule has 104 valence electrons. The van der Waals surface area contributed by atoms with Gasteiger partial charge in [-0.1, -0.05) is 0 Å². The Hall–Kier alpha value is -0.880. The van der Waals surface area contributed by atoms with Crippen LogP contribution in [0.25, 0.3) is 0 Å². The molecule has 0 saturated heterocycles. The third kappa shape index (κ3) is 3.17. The maximum Gasteiger partial charge on any atom is 0.328 e. The van der Waals surface area contributed by atoms with Crippen LogP contribution in [-0.4, -0.2) is 22.1 Å². The Bertz CT molecular complexity index is 560. The zero-order chi connectivity index (χ0) is 13.4. The molecule has 19 heavy (non-hydrogen) atoms. The van der Waals surface area contributed by atoms with Crippen LogP contribution < -0.4 is 16.6 Å². The van der Waals surface area contributed by atoms with Gasteiger partial charge in [-0.3, -0.25) is 14.3 Å². The molecule has 0 unspecified atom stereocenters. The zero-order valence-electron chi connectivity index (χ0n) is 10.7. The van der Waals surface area contributed by atoms with Crippen molar-refractivity contribution in [1.29, 1.82) is 0 Å². The highest BCUT2D eigenvalue weighted by atomic mass is 79.9. The molecule has 0 bridgehead atoms. The molecule has 2 aliphatic rings. The van der Waals surface area contributed by atoms with Gasteiger partial charge >= 0.3 is 5.69 Å². The van der Waals surface area contributed by atoms with Crippen LogP contribution in [0.3, 0.4) is 0 Å². The highest BCUT2D eigenvalue weighted by Crippen LogP contribution is 2.44. The minimum Gasteiger partial charge on any atom is -0.312 e. The van der Waals surface area contributed by atoms with E-state index in [2.05, 4.69) is 26.2 Å². The van der Waals surface area contributed by atoms with E-state index in [0.717, 1.165) is 18.4 Å². The van der Waals surface area contributed by atoms with Crippen LogP contribution in [0.1, 0.15) is 25.7 Å². The molecule has 6 heteroatoms. The topological polar surface area (TPSA) is 66.9 Å². The largest absolute Gasteiger partial charge is 0.328 e. The molecule has 0 amide bonds. The molecule has 1 aromatic heterocycles. The molecule has 0 spiro atoms. The summed E-state index contributed by atoms with van der Waals surface area (Å²) in [6.45, 7) is 1.36. The molecule has 0 aromatic carbocycles. The van der Waals surface area contributed by atoms with E-state index in [0.29, 0.717) is 17.1 Å². The second kappa shape index (κ2) is 5.25. The summed E-state index contributed by atoms with van der Waals surface area (Å²) >= 11 is 3.14. The zero-order valence-corrected chi connectivity index (χ0v) is 12.3. The molecule has 0 atom stereocenters. The van der Waals surface area contributed by atoms with Gasteiger partial charge in [0.2, 0.25) is 0 Å². The number of aromatic nitrogens is 2. The van der Waals surface area contributed by atoms with Gasteiger partial charge in [-0.05, 0) is 53.4 Å². The van der Waals surface area contributed by atoms with Gasteiger partial charge in [-0.15, -0.1) is 0 Å². The van der Waals surface area contributed by atoms with E-state index in [1.807, 2.05) is 0 Å². The third-order valence-electron chi connectivity index (χ3n) is 3.96.